The van der Waals surface area contributed by atoms with Crippen molar-refractivity contribution in [1.29, 1.82) is 5.26 Å². The number of nitrogens with one attached hydrogen (secondary N) is 1. The second kappa shape index (κ2) is 13.4. The van der Waals surface area contributed by atoms with Gasteiger partial charge in [0.1, 0.15) is 10.5 Å². The quantitative estimate of drug-likeness (QED) is 0.376. The number of hydrogen-bond donors (Lipinski definition) is 1. The summed E-state index contributed by atoms with van der Waals surface area (Å²) < 4.78 is 0. The van der Waals surface area contributed by atoms with Crippen LogP contribution in [0.4, 0.5) is 5.69 Å². The van der Waals surface area contributed by atoms with E-state index in [1.54, 1.807) is 18.4 Å². The Bertz CT molecular complexity index is 1160. The number of nitriles is 1. The van der Waals surface area contributed by atoms with Crippen LogP contribution in [0.1, 0.15) is 63.3 Å². The largest absolute Gasteiger partial charge is 0.369 e. The van der Waals surface area contributed by atoms with Crippen molar-refractivity contribution < 1.29 is 4.79 Å². The Morgan fingerprint density at radius 2 is 1.97 bits per heavy atom. The number of carbonyl (C=O) groups excluding carboxylic acids is 1. The van der Waals surface area contributed by atoms with Crippen LogP contribution in [0.15, 0.2) is 41.5 Å². The molecule has 2 aromatic rings. The molecule has 3 aliphatic rings. The molecule has 1 aliphatic heterocycles. The third kappa shape index (κ3) is 7.27. The van der Waals surface area contributed by atoms with E-state index in [0.717, 1.165) is 73.9 Å². The Balaban J connectivity index is 0.000000204. The zero-order valence-electron chi connectivity index (χ0n) is 22.8. The van der Waals surface area contributed by atoms with Gasteiger partial charge in [-0.2, -0.15) is 17.0 Å². The minimum Gasteiger partial charge on any atom is -0.369 e. The van der Waals surface area contributed by atoms with Crippen molar-refractivity contribution in [3.05, 3.63) is 41.5 Å². The maximum absolute atomic E-state index is 11.8. The van der Waals surface area contributed by atoms with Crippen LogP contribution in [0.5, 0.6) is 0 Å². The van der Waals surface area contributed by atoms with E-state index in [0.29, 0.717) is 0 Å². The molecule has 8 heteroatoms. The Morgan fingerprint density at radius 1 is 1.26 bits per heavy atom. The molecule has 1 amide bonds. The van der Waals surface area contributed by atoms with E-state index < -0.39 is 5.54 Å². The van der Waals surface area contributed by atoms with Gasteiger partial charge in [-0.15, -0.1) is 11.3 Å². The van der Waals surface area contributed by atoms with Crippen LogP contribution < -0.4 is 10.2 Å². The lowest BCUT2D eigenvalue weighted by molar-refractivity contribution is -0.126. The molecular weight excluding hydrogens is 510 g/mol. The highest BCUT2D eigenvalue weighted by atomic mass is 32.2. The van der Waals surface area contributed by atoms with Crippen LogP contribution in [0.3, 0.4) is 0 Å². The zero-order valence-corrected chi connectivity index (χ0v) is 24.4. The Kier molecular flexibility index (Phi) is 10.0. The van der Waals surface area contributed by atoms with Gasteiger partial charge in [0.25, 0.3) is 0 Å². The average molecular weight is 550 g/mol. The predicted molar refractivity (Wildman–Crippen MR) is 162 cm³/mol. The lowest BCUT2D eigenvalue weighted by Crippen LogP contribution is -2.48. The predicted octanol–water partition coefficient (Wildman–Crippen LogP) is 6.59. The summed E-state index contributed by atoms with van der Waals surface area (Å²) in [4.78, 5) is 24.1. The van der Waals surface area contributed by atoms with E-state index in [1.165, 1.54) is 22.5 Å². The Hall–Kier alpha value is -2.63. The molecule has 1 aromatic heterocycles. The lowest BCUT2D eigenvalue weighted by atomic mass is 9.88. The molecular formula is C30H39N5OS2. The third-order valence-corrected chi connectivity index (χ3v) is 9.51. The zero-order chi connectivity index (χ0) is 27.0. The first-order chi connectivity index (χ1) is 18.5. The SMILES string of the molecule is CC/C=C(\C=NC)c1ncc(-c2ccc(N3CC(SC)C3)cc2)s1.N#CC1(NC(=O)C2CCCCC2)CC1. The topological polar surface area (TPSA) is 81.4 Å². The molecule has 2 aliphatic carbocycles. The molecule has 2 heterocycles. The molecule has 0 atom stereocenters. The van der Waals surface area contributed by atoms with Crippen molar-refractivity contribution in [2.24, 2.45) is 10.9 Å². The molecule has 5 rings (SSSR count). The van der Waals surface area contributed by atoms with Gasteiger partial charge in [-0.05, 0) is 56.1 Å². The third-order valence-electron chi connectivity index (χ3n) is 7.45. The summed E-state index contributed by atoms with van der Waals surface area (Å²) in [6, 6.07) is 11.0. The molecule has 0 bridgehead atoms. The van der Waals surface area contributed by atoms with Gasteiger partial charge in [0.15, 0.2) is 0 Å². The van der Waals surface area contributed by atoms with Gasteiger partial charge in [-0.25, -0.2) is 4.98 Å². The summed E-state index contributed by atoms with van der Waals surface area (Å²) in [6.45, 7) is 4.45. The van der Waals surface area contributed by atoms with Gasteiger partial charge in [0.2, 0.25) is 5.91 Å². The number of rotatable bonds is 8. The van der Waals surface area contributed by atoms with E-state index in [4.69, 9.17) is 5.26 Å². The highest BCUT2D eigenvalue weighted by Crippen LogP contribution is 2.36. The Morgan fingerprint density at radius 3 is 2.55 bits per heavy atom. The van der Waals surface area contributed by atoms with Crippen LogP contribution in [-0.4, -0.2) is 54.3 Å². The molecule has 1 aromatic carbocycles. The van der Waals surface area contributed by atoms with Crippen molar-refractivity contribution in [3.63, 3.8) is 0 Å². The maximum Gasteiger partial charge on any atom is 0.224 e. The van der Waals surface area contributed by atoms with Gasteiger partial charge in [-0.1, -0.05) is 44.4 Å². The van der Waals surface area contributed by atoms with E-state index in [-0.39, 0.29) is 11.8 Å². The van der Waals surface area contributed by atoms with Gasteiger partial charge in [0.05, 0.1) is 10.9 Å². The number of aromatic nitrogens is 1. The maximum atomic E-state index is 11.8. The summed E-state index contributed by atoms with van der Waals surface area (Å²) in [6.07, 6.45) is 16.5. The summed E-state index contributed by atoms with van der Waals surface area (Å²) in [5.41, 5.74) is 3.18. The number of anilines is 1. The molecule has 1 N–H and O–H groups in total. The number of aliphatic imine (C=N–C) groups is 1. The number of nitrogens with zero attached hydrogens (tertiary/aromatic N) is 4. The van der Waals surface area contributed by atoms with Crippen molar-refractivity contribution in [3.8, 4) is 16.5 Å². The molecule has 0 spiro atoms. The van der Waals surface area contributed by atoms with E-state index >= 15 is 0 Å². The number of amides is 1. The molecule has 38 heavy (non-hydrogen) atoms. The molecule has 0 radical (unpaired) electrons. The van der Waals surface area contributed by atoms with Crippen molar-refractivity contribution in [2.75, 3.05) is 31.3 Å². The highest BCUT2D eigenvalue weighted by molar-refractivity contribution is 7.99. The van der Waals surface area contributed by atoms with Crippen LogP contribution in [0, 0.1) is 17.2 Å². The summed E-state index contributed by atoms with van der Waals surface area (Å²) in [5, 5.41) is 13.5. The van der Waals surface area contributed by atoms with E-state index in [1.807, 2.05) is 24.2 Å². The fourth-order valence-corrected chi connectivity index (χ4v) is 6.41. The van der Waals surface area contributed by atoms with Gasteiger partial charge in [0, 0.05) is 55.0 Å². The smallest absolute Gasteiger partial charge is 0.224 e. The molecule has 1 saturated heterocycles. The van der Waals surface area contributed by atoms with Crippen molar-refractivity contribution in [2.45, 2.75) is 69.1 Å². The summed E-state index contributed by atoms with van der Waals surface area (Å²) >= 11 is 3.68. The monoisotopic (exact) mass is 549 g/mol. The minimum atomic E-state index is -0.478. The van der Waals surface area contributed by atoms with Crippen LogP contribution >= 0.6 is 23.1 Å². The molecule has 6 nitrogen and oxygen atoms in total. The molecule has 0 unspecified atom stereocenters. The van der Waals surface area contributed by atoms with Gasteiger partial charge in [-0.3, -0.25) is 9.79 Å². The fraction of sp³-hybridized carbons (Fsp3) is 0.533. The summed E-state index contributed by atoms with van der Waals surface area (Å²) in [5.74, 6) is 0.290. The van der Waals surface area contributed by atoms with Crippen LogP contribution in [-0.2, 0) is 4.79 Å². The van der Waals surface area contributed by atoms with Gasteiger partial charge < -0.3 is 10.2 Å². The van der Waals surface area contributed by atoms with Crippen LogP contribution in [0.25, 0.3) is 16.0 Å². The first-order valence-electron chi connectivity index (χ1n) is 13.7. The minimum absolute atomic E-state index is 0.115. The Labute approximate surface area is 235 Å². The molecule has 2 saturated carbocycles. The number of carbonyl (C=O) groups is 1. The van der Waals surface area contributed by atoms with Gasteiger partial charge >= 0.3 is 0 Å². The number of benzene rings is 1. The lowest BCUT2D eigenvalue weighted by Gasteiger charge is -2.40. The number of allylic oxidation sites excluding steroid dienone is 2. The van der Waals surface area contributed by atoms with Crippen molar-refractivity contribution >= 4 is 46.5 Å². The van der Waals surface area contributed by atoms with Crippen LogP contribution in [0.2, 0.25) is 0 Å². The first-order valence-corrected chi connectivity index (χ1v) is 15.8. The van der Waals surface area contributed by atoms with E-state index in [9.17, 15) is 4.79 Å². The summed E-state index contributed by atoms with van der Waals surface area (Å²) in [7, 11) is 1.80. The normalized spacial score (nSPS) is 19.3. The second-order valence-electron chi connectivity index (χ2n) is 10.3. The first kappa shape index (κ1) is 28.4. The fourth-order valence-electron chi connectivity index (χ4n) is 4.82. The molecule has 3 fully saturated rings. The number of thiazole rings is 1. The van der Waals surface area contributed by atoms with Crippen molar-refractivity contribution in [1.82, 2.24) is 10.3 Å². The second-order valence-corrected chi connectivity index (χ2v) is 12.5. The average Bonchev–Trinajstić information content (AvgIpc) is 3.52. The number of hydrogen-bond acceptors (Lipinski definition) is 7. The van der Waals surface area contributed by atoms with E-state index in [2.05, 4.69) is 69.8 Å². The number of thioether (sulfide) groups is 1. The standard InChI is InChI=1S/C19H23N3S2.C11H16N2O/c1-4-5-15(10-20-2)19-21-11-18(24-19)14-6-8-16(9-7-14)22-12-17(13-22)23-3;12-8-11(6-7-11)13-10(14)9-4-2-1-3-5-9/h5-11,17H,4,12-13H2,1-3H3;9H,1-7H2,(H,13,14)/b15-5+,20-10?;. The highest BCUT2D eigenvalue weighted by Gasteiger charge is 2.45. The molecule has 202 valence electrons.